The Labute approximate surface area is 150 Å². The first-order valence-electron chi connectivity index (χ1n) is 7.15. The van der Waals surface area contributed by atoms with Crippen molar-refractivity contribution in [2.24, 2.45) is 0 Å². The molecule has 138 valence electrons. The smallest absolute Gasteiger partial charge is 0.300 e. The number of anilines is 1. The fraction of sp³-hybridized carbons (Fsp3) is 0.462. The van der Waals surface area contributed by atoms with Crippen LogP contribution >= 0.6 is 15.9 Å². The van der Waals surface area contributed by atoms with E-state index in [4.69, 9.17) is 5.11 Å². The first kappa shape index (κ1) is 20.7. The Kier molecular flexibility index (Phi) is 8.18. The summed E-state index contributed by atoms with van der Waals surface area (Å²) in [6, 6.07) is 1.71. The molecule has 3 N–H and O–H groups in total. The highest BCUT2D eigenvalue weighted by Gasteiger charge is 2.30. The third-order valence-electron chi connectivity index (χ3n) is 3.16. The summed E-state index contributed by atoms with van der Waals surface area (Å²) >= 11 is 3.19. The Morgan fingerprint density at radius 3 is 2.32 bits per heavy atom. The highest BCUT2D eigenvalue weighted by Crippen LogP contribution is 2.36. The quantitative estimate of drug-likeness (QED) is 0.278. The number of halogens is 1. The van der Waals surface area contributed by atoms with Crippen LogP contribution in [0.2, 0.25) is 0 Å². The molecule has 25 heavy (non-hydrogen) atoms. The monoisotopic (exact) mass is 420 g/mol. The van der Waals surface area contributed by atoms with Crippen LogP contribution in [0.5, 0.6) is 0 Å². The number of aliphatic hydroxyl groups excluding tert-OH is 2. The normalized spacial score (nSPS) is 10.4. The average Bonchev–Trinajstić information content (AvgIpc) is 2.58. The highest BCUT2D eigenvalue weighted by molar-refractivity contribution is 9.09. The maximum Gasteiger partial charge on any atom is 0.300 e. The zero-order chi connectivity index (χ0) is 19.0. The van der Waals surface area contributed by atoms with Crippen molar-refractivity contribution >= 4 is 38.9 Å². The number of non-ortho nitro benzene ring substituents is 1. The van der Waals surface area contributed by atoms with E-state index in [1.165, 1.54) is 4.90 Å². The van der Waals surface area contributed by atoms with Gasteiger partial charge >= 0.3 is 0 Å². The molecule has 0 unspecified atom stereocenters. The minimum atomic E-state index is -0.833. The number of nitrogens with zero attached hydrogens (tertiary/aromatic N) is 3. The van der Waals surface area contributed by atoms with Crippen LogP contribution in [0.4, 0.5) is 17.1 Å². The molecule has 1 rings (SSSR count). The highest BCUT2D eigenvalue weighted by atomic mass is 79.9. The second kappa shape index (κ2) is 9.86. The van der Waals surface area contributed by atoms with Gasteiger partial charge in [-0.05, 0) is 0 Å². The van der Waals surface area contributed by atoms with E-state index in [9.17, 15) is 30.1 Å². The predicted molar refractivity (Wildman–Crippen MR) is 92.3 cm³/mol. The molecule has 0 spiro atoms. The second-order valence-electron chi connectivity index (χ2n) is 4.75. The number of carbonyl (C=O) groups excluding carboxylic acids is 1. The van der Waals surface area contributed by atoms with Crippen LogP contribution in [0.25, 0.3) is 0 Å². The topological polar surface area (TPSA) is 159 Å². The number of carbonyl (C=O) groups is 1. The number of nitro benzene ring substituents is 2. The number of nitrogens with one attached hydrogen (secondary N) is 1. The van der Waals surface area contributed by atoms with Crippen molar-refractivity contribution in [2.45, 2.75) is 0 Å². The number of nitro groups is 2. The van der Waals surface area contributed by atoms with Gasteiger partial charge in [-0.15, -0.1) is 0 Å². The third-order valence-corrected chi connectivity index (χ3v) is 3.52. The fourth-order valence-corrected chi connectivity index (χ4v) is 2.61. The molecular formula is C13H17BrN4O7. The average molecular weight is 421 g/mol. The molecule has 1 aromatic rings. The van der Waals surface area contributed by atoms with E-state index in [0.29, 0.717) is 5.33 Å². The van der Waals surface area contributed by atoms with Gasteiger partial charge in [0.05, 0.1) is 34.7 Å². The number of aliphatic hydroxyl groups is 2. The summed E-state index contributed by atoms with van der Waals surface area (Å²) in [6.45, 7) is -0.601. The van der Waals surface area contributed by atoms with Gasteiger partial charge in [0.15, 0.2) is 0 Å². The lowest BCUT2D eigenvalue weighted by Crippen LogP contribution is -2.33. The first-order chi connectivity index (χ1) is 11.9. The van der Waals surface area contributed by atoms with Gasteiger partial charge < -0.3 is 20.4 Å². The summed E-state index contributed by atoms with van der Waals surface area (Å²) in [4.78, 5) is 34.5. The van der Waals surface area contributed by atoms with Crippen molar-refractivity contribution in [3.05, 3.63) is 37.9 Å². The zero-order valence-electron chi connectivity index (χ0n) is 13.1. The van der Waals surface area contributed by atoms with Crippen LogP contribution in [0.3, 0.4) is 0 Å². The van der Waals surface area contributed by atoms with Gasteiger partial charge in [0.2, 0.25) is 0 Å². The maximum absolute atomic E-state index is 12.3. The van der Waals surface area contributed by atoms with Crippen molar-refractivity contribution in [3.8, 4) is 0 Å². The Balaban J connectivity index is 3.63. The minimum absolute atomic E-state index is 0.00939. The maximum atomic E-state index is 12.3. The van der Waals surface area contributed by atoms with E-state index in [1.54, 1.807) is 0 Å². The van der Waals surface area contributed by atoms with Crippen molar-refractivity contribution in [1.29, 1.82) is 0 Å². The standard InChI is InChI=1S/C13H17BrN4O7/c14-1-3-16(4-6-20)12-10(13(21)15-2-5-19)7-9(17(22)23)8-11(12)18(24)25/h7-8,19-20H,1-6H2,(H,15,21). The van der Waals surface area contributed by atoms with Crippen molar-refractivity contribution < 1.29 is 24.9 Å². The van der Waals surface area contributed by atoms with Crippen LogP contribution in [0, 0.1) is 20.2 Å². The lowest BCUT2D eigenvalue weighted by Gasteiger charge is -2.24. The van der Waals surface area contributed by atoms with Crippen molar-refractivity contribution in [1.82, 2.24) is 5.32 Å². The lowest BCUT2D eigenvalue weighted by molar-refractivity contribution is -0.393. The minimum Gasteiger partial charge on any atom is -0.395 e. The fourth-order valence-electron chi connectivity index (χ4n) is 2.18. The number of hydrogen-bond donors (Lipinski definition) is 3. The largest absolute Gasteiger partial charge is 0.395 e. The molecule has 1 aromatic carbocycles. The molecule has 0 aliphatic carbocycles. The molecule has 0 aromatic heterocycles. The van der Waals surface area contributed by atoms with Gasteiger partial charge in [-0.25, -0.2) is 0 Å². The van der Waals surface area contributed by atoms with Gasteiger partial charge in [0.1, 0.15) is 5.69 Å². The van der Waals surface area contributed by atoms with E-state index in [0.717, 1.165) is 12.1 Å². The van der Waals surface area contributed by atoms with Crippen molar-refractivity contribution in [3.63, 3.8) is 0 Å². The summed E-state index contributed by atoms with van der Waals surface area (Å²) in [5.74, 6) is -0.798. The molecule has 0 aliphatic rings. The van der Waals surface area contributed by atoms with E-state index >= 15 is 0 Å². The summed E-state index contributed by atoms with van der Waals surface area (Å²) in [5.41, 5.74) is -1.62. The second-order valence-corrected chi connectivity index (χ2v) is 5.55. The van der Waals surface area contributed by atoms with Crippen LogP contribution < -0.4 is 10.2 Å². The van der Waals surface area contributed by atoms with Crippen molar-refractivity contribution in [2.75, 3.05) is 43.1 Å². The molecule has 0 atom stereocenters. The van der Waals surface area contributed by atoms with Gasteiger partial charge in [-0.2, -0.15) is 0 Å². The third kappa shape index (κ3) is 5.34. The van der Waals surface area contributed by atoms with Gasteiger partial charge in [-0.1, -0.05) is 15.9 Å². The summed E-state index contributed by atoms with van der Waals surface area (Å²) in [5, 5.41) is 43.2. The summed E-state index contributed by atoms with van der Waals surface area (Å²) in [7, 11) is 0. The molecule has 0 saturated heterocycles. The van der Waals surface area contributed by atoms with E-state index in [1.807, 2.05) is 0 Å². The molecule has 1 amide bonds. The number of rotatable bonds is 10. The van der Waals surface area contributed by atoms with Gasteiger partial charge in [0, 0.05) is 31.0 Å². The summed E-state index contributed by atoms with van der Waals surface area (Å²) < 4.78 is 0. The molecule has 12 heteroatoms. The molecule has 11 nitrogen and oxygen atoms in total. The number of benzene rings is 1. The van der Waals surface area contributed by atoms with E-state index in [-0.39, 0.29) is 44.1 Å². The predicted octanol–water partition coefficient (Wildman–Crippen LogP) is 0.419. The van der Waals surface area contributed by atoms with Crippen LogP contribution in [0.1, 0.15) is 10.4 Å². The van der Waals surface area contributed by atoms with Crippen LogP contribution in [0.15, 0.2) is 12.1 Å². The number of amides is 1. The van der Waals surface area contributed by atoms with Gasteiger partial charge in [0.25, 0.3) is 17.3 Å². The lowest BCUT2D eigenvalue weighted by atomic mass is 10.1. The summed E-state index contributed by atoms with van der Waals surface area (Å²) in [6.07, 6.45) is 0. The zero-order valence-corrected chi connectivity index (χ0v) is 14.6. The van der Waals surface area contributed by atoms with Gasteiger partial charge in [-0.3, -0.25) is 25.0 Å². The molecule has 0 aliphatic heterocycles. The number of alkyl halides is 1. The molecular weight excluding hydrogens is 404 g/mol. The SMILES string of the molecule is O=C(NCCO)c1cc([N+](=O)[O-])cc([N+](=O)[O-])c1N(CCO)CCBr. The Hall–Kier alpha value is -2.31. The Morgan fingerprint density at radius 2 is 1.84 bits per heavy atom. The van der Waals surface area contributed by atoms with Crippen LogP contribution in [-0.4, -0.2) is 64.1 Å². The number of hydrogen-bond acceptors (Lipinski definition) is 8. The molecule has 0 fully saturated rings. The molecule has 0 radical (unpaired) electrons. The molecule has 0 saturated carbocycles. The van der Waals surface area contributed by atoms with E-state index in [2.05, 4.69) is 21.2 Å². The van der Waals surface area contributed by atoms with Crippen LogP contribution in [-0.2, 0) is 0 Å². The molecule has 0 heterocycles. The Bertz CT molecular complexity index is 650. The molecule has 0 bridgehead atoms. The Morgan fingerprint density at radius 1 is 1.16 bits per heavy atom. The van der Waals surface area contributed by atoms with E-state index < -0.39 is 27.1 Å². The first-order valence-corrected chi connectivity index (χ1v) is 8.27.